The Morgan fingerprint density at radius 3 is 2.76 bits per heavy atom. The summed E-state index contributed by atoms with van der Waals surface area (Å²) < 4.78 is 1.89. The average Bonchev–Trinajstić information content (AvgIpc) is 2.83. The van der Waals surface area contributed by atoms with Crippen LogP contribution in [0.3, 0.4) is 0 Å². The molecule has 1 amide bonds. The smallest absolute Gasteiger partial charge is 0.268 e. The van der Waals surface area contributed by atoms with Gasteiger partial charge in [-0.15, -0.1) is 0 Å². The third-order valence-corrected chi connectivity index (χ3v) is 4.53. The fourth-order valence-corrected chi connectivity index (χ4v) is 3.09. The van der Waals surface area contributed by atoms with Crippen LogP contribution in [0, 0.1) is 5.92 Å². The van der Waals surface area contributed by atoms with Crippen LogP contribution in [0.25, 0.3) is 0 Å². The number of rotatable bonds is 5. The zero-order valence-electron chi connectivity index (χ0n) is 13.1. The summed E-state index contributed by atoms with van der Waals surface area (Å²) in [6, 6.07) is 1.71. The van der Waals surface area contributed by atoms with Crippen LogP contribution >= 0.6 is 0 Å². The SMILES string of the molecule is CCCn1cc(N)cc1C(=O)NC1(CO)CCC(C)CC1. The molecule has 1 aliphatic rings. The molecule has 0 spiro atoms. The van der Waals surface area contributed by atoms with E-state index in [4.69, 9.17) is 5.73 Å². The first kappa shape index (κ1) is 15.9. The minimum atomic E-state index is -0.473. The summed E-state index contributed by atoms with van der Waals surface area (Å²) in [6.07, 6.45) is 6.49. The van der Waals surface area contributed by atoms with E-state index < -0.39 is 5.54 Å². The molecule has 0 unspecified atom stereocenters. The molecule has 1 aromatic heterocycles. The van der Waals surface area contributed by atoms with Crippen LogP contribution in [0.5, 0.6) is 0 Å². The number of hydrogen-bond donors (Lipinski definition) is 3. The highest BCUT2D eigenvalue weighted by Crippen LogP contribution is 2.32. The molecule has 118 valence electrons. The summed E-state index contributed by atoms with van der Waals surface area (Å²) in [6.45, 7) is 5.05. The Kier molecular flexibility index (Phi) is 4.93. The summed E-state index contributed by atoms with van der Waals surface area (Å²) in [5.41, 5.74) is 6.53. The molecule has 0 saturated heterocycles. The molecule has 0 atom stereocenters. The van der Waals surface area contributed by atoms with Crippen molar-refractivity contribution in [2.45, 2.75) is 58.0 Å². The van der Waals surface area contributed by atoms with Crippen LogP contribution < -0.4 is 11.1 Å². The standard InChI is InChI=1S/C16H27N3O2/c1-3-8-19-10-13(17)9-14(19)15(21)18-16(11-20)6-4-12(2)5-7-16/h9-10,12,20H,3-8,11,17H2,1-2H3,(H,18,21). The number of nitrogens with one attached hydrogen (secondary N) is 1. The molecule has 0 bridgehead atoms. The first-order valence-corrected chi connectivity index (χ1v) is 7.88. The second kappa shape index (κ2) is 6.52. The van der Waals surface area contributed by atoms with E-state index >= 15 is 0 Å². The summed E-state index contributed by atoms with van der Waals surface area (Å²) in [4.78, 5) is 12.6. The van der Waals surface area contributed by atoms with E-state index in [-0.39, 0.29) is 12.5 Å². The van der Waals surface area contributed by atoms with Crippen LogP contribution in [0.4, 0.5) is 5.69 Å². The lowest BCUT2D eigenvalue weighted by Gasteiger charge is -2.38. The number of aliphatic hydroxyl groups excluding tert-OH is 1. The summed E-state index contributed by atoms with van der Waals surface area (Å²) in [5.74, 6) is 0.532. The number of hydrogen-bond acceptors (Lipinski definition) is 3. The van der Waals surface area contributed by atoms with Crippen molar-refractivity contribution in [3.63, 3.8) is 0 Å². The molecule has 0 radical (unpaired) electrons. The molecule has 1 aromatic rings. The zero-order chi connectivity index (χ0) is 15.5. The fourth-order valence-electron chi connectivity index (χ4n) is 3.09. The van der Waals surface area contributed by atoms with Crippen LogP contribution in [-0.4, -0.2) is 27.7 Å². The highest BCUT2D eigenvalue weighted by molar-refractivity contribution is 5.94. The molecule has 0 aliphatic heterocycles. The lowest BCUT2D eigenvalue weighted by molar-refractivity contribution is 0.0709. The normalized spacial score (nSPS) is 25.8. The summed E-state index contributed by atoms with van der Waals surface area (Å²) >= 11 is 0. The molecular weight excluding hydrogens is 266 g/mol. The first-order valence-electron chi connectivity index (χ1n) is 7.88. The van der Waals surface area contributed by atoms with Gasteiger partial charge in [-0.3, -0.25) is 4.79 Å². The molecule has 1 aliphatic carbocycles. The topological polar surface area (TPSA) is 80.3 Å². The molecule has 21 heavy (non-hydrogen) atoms. The highest BCUT2D eigenvalue weighted by atomic mass is 16.3. The van der Waals surface area contributed by atoms with Crippen molar-refractivity contribution in [1.29, 1.82) is 0 Å². The van der Waals surface area contributed by atoms with Gasteiger partial charge in [0.2, 0.25) is 0 Å². The van der Waals surface area contributed by atoms with Gasteiger partial charge in [-0.25, -0.2) is 0 Å². The number of aromatic nitrogens is 1. The van der Waals surface area contributed by atoms with E-state index in [2.05, 4.69) is 19.2 Å². The van der Waals surface area contributed by atoms with Gasteiger partial charge in [-0.2, -0.15) is 0 Å². The summed E-state index contributed by atoms with van der Waals surface area (Å²) in [7, 11) is 0. The number of anilines is 1. The lowest BCUT2D eigenvalue weighted by atomic mass is 9.77. The second-order valence-electron chi connectivity index (χ2n) is 6.43. The van der Waals surface area contributed by atoms with E-state index in [1.807, 2.05) is 4.57 Å². The van der Waals surface area contributed by atoms with Crippen LogP contribution in [0.1, 0.15) is 56.4 Å². The van der Waals surface area contributed by atoms with Crippen molar-refractivity contribution in [2.24, 2.45) is 5.92 Å². The third-order valence-electron chi connectivity index (χ3n) is 4.53. The minimum Gasteiger partial charge on any atom is -0.397 e. The van der Waals surface area contributed by atoms with Gasteiger partial charge in [0.1, 0.15) is 5.69 Å². The molecule has 1 heterocycles. The van der Waals surface area contributed by atoms with E-state index in [0.29, 0.717) is 17.3 Å². The molecule has 5 heteroatoms. The van der Waals surface area contributed by atoms with Crippen LogP contribution in [-0.2, 0) is 6.54 Å². The highest BCUT2D eigenvalue weighted by Gasteiger charge is 2.35. The Balaban J connectivity index is 2.13. The van der Waals surface area contributed by atoms with E-state index in [1.54, 1.807) is 12.3 Å². The second-order valence-corrected chi connectivity index (χ2v) is 6.43. The van der Waals surface area contributed by atoms with E-state index in [1.165, 1.54) is 0 Å². The number of carbonyl (C=O) groups excluding carboxylic acids is 1. The van der Waals surface area contributed by atoms with Gasteiger partial charge in [0.05, 0.1) is 17.8 Å². The Morgan fingerprint density at radius 1 is 1.52 bits per heavy atom. The van der Waals surface area contributed by atoms with Crippen molar-refractivity contribution >= 4 is 11.6 Å². The predicted octanol–water partition coefficient (Wildman–Crippen LogP) is 2.15. The molecular formula is C16H27N3O2. The third kappa shape index (κ3) is 3.59. The van der Waals surface area contributed by atoms with Crippen molar-refractivity contribution in [2.75, 3.05) is 12.3 Å². The zero-order valence-corrected chi connectivity index (χ0v) is 13.1. The average molecular weight is 293 g/mol. The number of aryl methyl sites for hydroxylation is 1. The van der Waals surface area contributed by atoms with Crippen molar-refractivity contribution < 1.29 is 9.90 Å². The fraction of sp³-hybridized carbons (Fsp3) is 0.688. The number of nitrogens with two attached hydrogens (primary N) is 1. The predicted molar refractivity (Wildman–Crippen MR) is 84.1 cm³/mol. The molecule has 1 fully saturated rings. The Bertz CT molecular complexity index is 488. The van der Waals surface area contributed by atoms with Crippen molar-refractivity contribution in [1.82, 2.24) is 9.88 Å². The van der Waals surface area contributed by atoms with Crippen LogP contribution in [0.2, 0.25) is 0 Å². The number of carbonyl (C=O) groups is 1. The summed E-state index contributed by atoms with van der Waals surface area (Å²) in [5, 5.41) is 12.8. The lowest BCUT2D eigenvalue weighted by Crippen LogP contribution is -2.53. The van der Waals surface area contributed by atoms with Gasteiger partial charge in [0, 0.05) is 12.7 Å². The maximum Gasteiger partial charge on any atom is 0.268 e. The minimum absolute atomic E-state index is 0.00454. The monoisotopic (exact) mass is 293 g/mol. The van der Waals surface area contributed by atoms with Gasteiger partial charge >= 0.3 is 0 Å². The van der Waals surface area contributed by atoms with Gasteiger partial charge < -0.3 is 20.7 Å². The number of aliphatic hydroxyl groups is 1. The molecule has 0 aromatic carbocycles. The molecule has 4 N–H and O–H groups in total. The molecule has 5 nitrogen and oxygen atoms in total. The van der Waals surface area contributed by atoms with E-state index in [0.717, 1.165) is 38.6 Å². The first-order chi connectivity index (χ1) is 9.99. The van der Waals surface area contributed by atoms with Gasteiger partial charge in [0.25, 0.3) is 5.91 Å². The van der Waals surface area contributed by atoms with E-state index in [9.17, 15) is 9.90 Å². The number of nitrogen functional groups attached to an aromatic ring is 1. The Hall–Kier alpha value is -1.49. The van der Waals surface area contributed by atoms with Gasteiger partial charge in [0.15, 0.2) is 0 Å². The maximum atomic E-state index is 12.6. The Morgan fingerprint density at radius 2 is 2.19 bits per heavy atom. The largest absolute Gasteiger partial charge is 0.397 e. The number of nitrogens with zero attached hydrogens (tertiary/aromatic N) is 1. The van der Waals surface area contributed by atoms with Crippen molar-refractivity contribution in [3.8, 4) is 0 Å². The molecule has 2 rings (SSSR count). The van der Waals surface area contributed by atoms with Crippen LogP contribution in [0.15, 0.2) is 12.3 Å². The maximum absolute atomic E-state index is 12.6. The quantitative estimate of drug-likeness (QED) is 0.778. The van der Waals surface area contributed by atoms with Gasteiger partial charge in [-0.05, 0) is 44.1 Å². The number of amides is 1. The molecule has 1 saturated carbocycles. The van der Waals surface area contributed by atoms with Gasteiger partial charge in [-0.1, -0.05) is 13.8 Å². The van der Waals surface area contributed by atoms with Crippen molar-refractivity contribution in [3.05, 3.63) is 18.0 Å². The Labute approximate surface area is 126 Å².